The predicted octanol–water partition coefficient (Wildman–Crippen LogP) is 2.47. The van der Waals surface area contributed by atoms with E-state index in [1.807, 2.05) is 20.8 Å². The first-order valence-corrected chi connectivity index (χ1v) is 9.23. The summed E-state index contributed by atoms with van der Waals surface area (Å²) in [5.74, 6) is 0.101. The molecule has 2 N–H and O–H groups in total. The third kappa shape index (κ3) is 4.78. The van der Waals surface area contributed by atoms with Gasteiger partial charge in [0, 0.05) is 10.4 Å². The smallest absolute Gasteiger partial charge is 0.266 e. The molecule has 1 aromatic carbocycles. The van der Waals surface area contributed by atoms with E-state index in [4.69, 9.17) is 4.74 Å². The van der Waals surface area contributed by atoms with Gasteiger partial charge in [0.15, 0.2) is 0 Å². The van der Waals surface area contributed by atoms with Crippen LogP contribution in [0.1, 0.15) is 29.1 Å². The molecule has 0 fully saturated rings. The first kappa shape index (κ1) is 17.5. The molecule has 1 aromatic heterocycles. The summed E-state index contributed by atoms with van der Waals surface area (Å²) in [5, 5.41) is 0. The molecule has 2 rings (SSSR count). The summed E-state index contributed by atoms with van der Waals surface area (Å²) < 4.78 is 29.7. The van der Waals surface area contributed by atoms with Crippen molar-refractivity contribution in [2.24, 2.45) is 0 Å². The van der Waals surface area contributed by atoms with E-state index in [0.717, 1.165) is 16.2 Å². The molecular formula is C15H18N2O4S2. The third-order valence-corrected chi connectivity index (χ3v) is 5.51. The molecule has 6 nitrogen and oxygen atoms in total. The molecular weight excluding hydrogens is 336 g/mol. The Morgan fingerprint density at radius 1 is 1.13 bits per heavy atom. The highest BCUT2D eigenvalue weighted by molar-refractivity contribution is 7.91. The van der Waals surface area contributed by atoms with Gasteiger partial charge in [0.25, 0.3) is 15.9 Å². The molecule has 0 unspecified atom stereocenters. The van der Waals surface area contributed by atoms with Gasteiger partial charge < -0.3 is 4.74 Å². The fourth-order valence-corrected chi connectivity index (χ4v) is 3.87. The number of carbonyl (C=O) groups is 1. The Balaban J connectivity index is 1.99. The molecule has 0 bridgehead atoms. The van der Waals surface area contributed by atoms with Crippen molar-refractivity contribution >= 4 is 27.3 Å². The van der Waals surface area contributed by atoms with Crippen molar-refractivity contribution < 1.29 is 17.9 Å². The van der Waals surface area contributed by atoms with Gasteiger partial charge in [-0.1, -0.05) is 0 Å². The molecule has 0 spiro atoms. The molecule has 0 saturated carbocycles. The molecule has 1 amide bonds. The molecule has 8 heteroatoms. The van der Waals surface area contributed by atoms with E-state index in [-0.39, 0.29) is 10.3 Å². The largest absolute Gasteiger partial charge is 0.491 e. The molecule has 2 aromatic rings. The Kier molecular flexibility index (Phi) is 5.40. The highest BCUT2D eigenvalue weighted by atomic mass is 32.2. The van der Waals surface area contributed by atoms with Crippen LogP contribution in [0.15, 0.2) is 40.6 Å². The molecule has 0 saturated heterocycles. The fourth-order valence-electron chi connectivity index (χ4n) is 1.75. The van der Waals surface area contributed by atoms with Crippen LogP contribution in [-0.2, 0) is 10.0 Å². The number of nitrogens with one attached hydrogen (secondary N) is 2. The zero-order chi connectivity index (χ0) is 17.0. The monoisotopic (exact) mass is 354 g/mol. The lowest BCUT2D eigenvalue weighted by Gasteiger charge is -2.10. The van der Waals surface area contributed by atoms with Crippen LogP contribution in [0.4, 0.5) is 0 Å². The summed E-state index contributed by atoms with van der Waals surface area (Å²) in [4.78, 5) is 14.9. The van der Waals surface area contributed by atoms with E-state index in [1.54, 1.807) is 30.3 Å². The summed E-state index contributed by atoms with van der Waals surface area (Å²) in [6, 6.07) is 9.65. The first-order chi connectivity index (χ1) is 10.8. The van der Waals surface area contributed by atoms with E-state index in [9.17, 15) is 13.2 Å². The van der Waals surface area contributed by atoms with Gasteiger partial charge >= 0.3 is 0 Å². The topological polar surface area (TPSA) is 84.5 Å². The van der Waals surface area contributed by atoms with Crippen molar-refractivity contribution in [1.82, 2.24) is 10.3 Å². The molecule has 0 aliphatic heterocycles. The minimum absolute atomic E-state index is 0.0377. The Bertz CT molecular complexity index is 780. The van der Waals surface area contributed by atoms with Crippen LogP contribution in [0, 0.1) is 6.92 Å². The number of sulfonamides is 1. The Labute approximate surface area is 139 Å². The van der Waals surface area contributed by atoms with Gasteiger partial charge in [-0.25, -0.2) is 8.42 Å². The van der Waals surface area contributed by atoms with E-state index < -0.39 is 15.9 Å². The van der Waals surface area contributed by atoms with E-state index in [1.165, 1.54) is 6.07 Å². The van der Waals surface area contributed by atoms with Crippen LogP contribution >= 0.6 is 11.3 Å². The summed E-state index contributed by atoms with van der Waals surface area (Å²) >= 11 is 1.13. The highest BCUT2D eigenvalue weighted by Gasteiger charge is 2.17. The van der Waals surface area contributed by atoms with Gasteiger partial charge in [-0.3, -0.25) is 10.2 Å². The van der Waals surface area contributed by atoms with Crippen LogP contribution in [-0.4, -0.2) is 20.4 Å². The number of hydrogen-bond acceptors (Lipinski definition) is 5. The molecule has 0 atom stereocenters. The van der Waals surface area contributed by atoms with Crippen LogP contribution in [0.25, 0.3) is 0 Å². The Morgan fingerprint density at radius 3 is 2.30 bits per heavy atom. The number of hydrazine groups is 1. The maximum Gasteiger partial charge on any atom is 0.266 e. The minimum Gasteiger partial charge on any atom is -0.491 e. The number of rotatable bonds is 6. The molecule has 0 radical (unpaired) electrons. The predicted molar refractivity (Wildman–Crippen MR) is 89.0 cm³/mol. The number of thiophene rings is 1. The number of benzene rings is 1. The second-order valence-corrected chi connectivity index (χ2v) is 8.31. The molecule has 23 heavy (non-hydrogen) atoms. The van der Waals surface area contributed by atoms with E-state index in [2.05, 4.69) is 10.3 Å². The quantitative estimate of drug-likeness (QED) is 0.781. The molecule has 0 aliphatic rings. The Morgan fingerprint density at radius 2 is 1.78 bits per heavy atom. The number of ether oxygens (including phenoxy) is 1. The van der Waals surface area contributed by atoms with Crippen LogP contribution < -0.4 is 15.0 Å². The van der Waals surface area contributed by atoms with Crippen LogP contribution in [0.3, 0.4) is 0 Å². The SMILES string of the molecule is Cc1ccc(S(=O)(=O)NNC(=O)c2ccc(OC(C)C)cc2)s1. The lowest BCUT2D eigenvalue weighted by atomic mass is 10.2. The first-order valence-electron chi connectivity index (χ1n) is 6.93. The van der Waals surface area contributed by atoms with Crippen molar-refractivity contribution in [1.29, 1.82) is 0 Å². The third-order valence-electron chi connectivity index (χ3n) is 2.77. The van der Waals surface area contributed by atoms with E-state index >= 15 is 0 Å². The lowest BCUT2D eigenvalue weighted by molar-refractivity contribution is 0.0945. The molecule has 1 heterocycles. The van der Waals surface area contributed by atoms with Crippen molar-refractivity contribution in [2.75, 3.05) is 0 Å². The van der Waals surface area contributed by atoms with Crippen LogP contribution in [0.5, 0.6) is 5.75 Å². The maximum absolute atomic E-state index is 12.0. The normalized spacial score (nSPS) is 11.5. The fraction of sp³-hybridized carbons (Fsp3) is 0.267. The van der Waals surface area contributed by atoms with Gasteiger partial charge in [0.2, 0.25) is 0 Å². The van der Waals surface area contributed by atoms with Crippen LogP contribution in [0.2, 0.25) is 0 Å². The average Bonchev–Trinajstić information content (AvgIpc) is 2.92. The van der Waals surface area contributed by atoms with Gasteiger partial charge in [0.1, 0.15) is 9.96 Å². The summed E-state index contributed by atoms with van der Waals surface area (Å²) in [7, 11) is -3.75. The second-order valence-electron chi connectivity index (χ2n) is 5.12. The zero-order valence-electron chi connectivity index (χ0n) is 13.0. The second kappa shape index (κ2) is 7.12. The standard InChI is InChI=1S/C15H18N2O4S2/c1-10(2)21-13-7-5-12(6-8-13)15(18)16-17-23(19,20)14-9-4-11(3)22-14/h4-10,17H,1-3H3,(H,16,18). The number of carbonyl (C=O) groups excluding carboxylic acids is 1. The molecule has 0 aliphatic carbocycles. The van der Waals surface area contributed by atoms with Crippen molar-refractivity contribution in [3.05, 3.63) is 46.8 Å². The lowest BCUT2D eigenvalue weighted by Crippen LogP contribution is -2.41. The minimum atomic E-state index is -3.75. The van der Waals surface area contributed by atoms with E-state index in [0.29, 0.717) is 11.3 Å². The summed E-state index contributed by atoms with van der Waals surface area (Å²) in [6.07, 6.45) is 0.0377. The molecule has 124 valence electrons. The Hall–Kier alpha value is -1.90. The average molecular weight is 354 g/mol. The summed E-state index contributed by atoms with van der Waals surface area (Å²) in [5.41, 5.74) is 2.52. The van der Waals surface area contributed by atoms with Crippen molar-refractivity contribution in [3.63, 3.8) is 0 Å². The number of amides is 1. The highest BCUT2D eigenvalue weighted by Crippen LogP contribution is 2.20. The van der Waals surface area contributed by atoms with Gasteiger partial charge in [-0.2, -0.15) is 0 Å². The van der Waals surface area contributed by atoms with Gasteiger partial charge in [-0.15, -0.1) is 16.2 Å². The summed E-state index contributed by atoms with van der Waals surface area (Å²) in [6.45, 7) is 5.62. The zero-order valence-corrected chi connectivity index (χ0v) is 14.6. The van der Waals surface area contributed by atoms with Gasteiger partial charge in [0.05, 0.1) is 6.10 Å². The number of aryl methyl sites for hydroxylation is 1. The number of hydrogen-bond donors (Lipinski definition) is 2. The van der Waals surface area contributed by atoms with Gasteiger partial charge in [-0.05, 0) is 57.2 Å². The maximum atomic E-state index is 12.0. The van der Waals surface area contributed by atoms with Crippen molar-refractivity contribution in [2.45, 2.75) is 31.1 Å². The van der Waals surface area contributed by atoms with Crippen molar-refractivity contribution in [3.8, 4) is 5.75 Å².